The lowest BCUT2D eigenvalue weighted by molar-refractivity contribution is -0.158. The Kier molecular flexibility index (Phi) is 8.35. The fourth-order valence-corrected chi connectivity index (χ4v) is 5.24. The molecule has 2 N–H and O–H groups in total. The molecule has 17 heteroatoms. The summed E-state index contributed by atoms with van der Waals surface area (Å²) in [6, 6.07) is -1.92. The number of nitrogens with one attached hydrogen (secondary N) is 2. The fourth-order valence-electron chi connectivity index (χ4n) is 5.24. The van der Waals surface area contributed by atoms with Crippen molar-refractivity contribution in [2.75, 3.05) is 0 Å². The predicted molar refractivity (Wildman–Crippen MR) is 133 cm³/mol. The van der Waals surface area contributed by atoms with Crippen molar-refractivity contribution in [3.63, 3.8) is 0 Å². The van der Waals surface area contributed by atoms with Crippen molar-refractivity contribution in [3.8, 4) is 0 Å². The first-order valence-electron chi connectivity index (χ1n) is 13.7. The fraction of sp³-hybridized carbons (Fsp3) is 0.615. The zero-order valence-electron chi connectivity index (χ0n) is 22.8. The van der Waals surface area contributed by atoms with Gasteiger partial charge in [-0.2, -0.15) is 18.3 Å². The van der Waals surface area contributed by atoms with Crippen molar-refractivity contribution in [1.29, 1.82) is 0 Å². The van der Waals surface area contributed by atoms with Crippen LogP contribution in [0.25, 0.3) is 5.65 Å². The molecule has 2 saturated carbocycles. The first kappa shape index (κ1) is 30.7. The van der Waals surface area contributed by atoms with Gasteiger partial charge in [0.2, 0.25) is 18.3 Å². The number of hydrogen-bond acceptors (Lipinski definition) is 7. The molecule has 234 valence electrons. The van der Waals surface area contributed by atoms with Crippen LogP contribution in [0.5, 0.6) is 0 Å². The van der Waals surface area contributed by atoms with Gasteiger partial charge in [0.15, 0.2) is 11.3 Å². The molecule has 2 aliphatic carbocycles. The van der Waals surface area contributed by atoms with E-state index in [-0.39, 0.29) is 41.4 Å². The number of carbonyl (C=O) groups is 2. The summed E-state index contributed by atoms with van der Waals surface area (Å²) >= 11 is 0. The van der Waals surface area contributed by atoms with E-state index in [9.17, 15) is 40.3 Å². The van der Waals surface area contributed by atoms with Gasteiger partial charge in [-0.3, -0.25) is 9.59 Å². The van der Waals surface area contributed by atoms with Crippen LogP contribution in [0.4, 0.5) is 30.7 Å². The van der Waals surface area contributed by atoms with E-state index >= 15 is 0 Å². The molecule has 3 aromatic rings. The van der Waals surface area contributed by atoms with Gasteiger partial charge in [0, 0.05) is 25.2 Å². The Labute approximate surface area is 239 Å². The van der Waals surface area contributed by atoms with E-state index in [1.54, 1.807) is 5.32 Å². The van der Waals surface area contributed by atoms with E-state index in [4.69, 9.17) is 4.63 Å². The second-order valence-electron chi connectivity index (χ2n) is 11.1. The second-order valence-corrected chi connectivity index (χ2v) is 11.1. The number of carbonyl (C=O) groups excluding carboxylic acids is 2. The molecule has 3 atom stereocenters. The Hall–Kier alpha value is -3.79. The Morgan fingerprint density at radius 1 is 1.12 bits per heavy atom. The highest BCUT2D eigenvalue weighted by Gasteiger charge is 2.41. The molecule has 0 aromatic carbocycles. The lowest BCUT2D eigenvalue weighted by atomic mass is 9.81. The first-order valence-corrected chi connectivity index (χ1v) is 13.7. The monoisotopic (exact) mass is 619 g/mol. The number of alkyl halides is 7. The van der Waals surface area contributed by atoms with Crippen LogP contribution in [0, 0.1) is 5.92 Å². The van der Waals surface area contributed by atoms with Crippen molar-refractivity contribution in [3.05, 3.63) is 41.1 Å². The summed E-state index contributed by atoms with van der Waals surface area (Å²) in [5.41, 5.74) is 0.545. The molecule has 0 unspecified atom stereocenters. The lowest BCUT2D eigenvalue weighted by Gasteiger charge is -2.33. The average Bonchev–Trinajstić information content (AvgIpc) is 3.49. The van der Waals surface area contributed by atoms with E-state index in [0.29, 0.717) is 12.6 Å². The summed E-state index contributed by atoms with van der Waals surface area (Å²) in [6.07, 6.45) is -5.42. The van der Waals surface area contributed by atoms with Crippen LogP contribution in [-0.2, 0) is 4.79 Å². The van der Waals surface area contributed by atoms with E-state index in [2.05, 4.69) is 25.7 Å². The maximum atomic E-state index is 14.0. The highest BCUT2D eigenvalue weighted by Crippen LogP contribution is 2.43. The lowest BCUT2D eigenvalue weighted by Crippen LogP contribution is -2.45. The molecular weight excluding hydrogens is 591 g/mol. The van der Waals surface area contributed by atoms with Crippen LogP contribution in [0.3, 0.4) is 0 Å². The van der Waals surface area contributed by atoms with Crippen LogP contribution >= 0.6 is 0 Å². The third-order valence-corrected chi connectivity index (χ3v) is 7.87. The van der Waals surface area contributed by atoms with E-state index < -0.39 is 73.5 Å². The number of imidazole rings is 1. The summed E-state index contributed by atoms with van der Waals surface area (Å²) in [5, 5.41) is 16.2. The maximum Gasteiger partial charge on any atom is 0.408 e. The number of amides is 2. The standard InChI is InChI=1S/C26H28F7N7O3/c1-12(26(31,32)33)35-23(41)16(9-18(27)28)15-8-19-36-17(11-40(19)34-10-15)20(14-4-6-25(29,30)7-5-14)37-24(42)22-21(13-2-3-13)38-43-39-22/h8,10-14,16,18,20H,2-7,9H2,1H3,(H,35,41)(H,37,42)/t12-,16-,20-/m0/s1. The highest BCUT2D eigenvalue weighted by atomic mass is 19.4. The third kappa shape index (κ3) is 7.06. The Balaban J connectivity index is 1.44. The molecule has 0 aliphatic heterocycles. The molecule has 5 rings (SSSR count). The predicted octanol–water partition coefficient (Wildman–Crippen LogP) is 5.09. The maximum absolute atomic E-state index is 14.0. The number of nitrogens with zero attached hydrogens (tertiary/aromatic N) is 5. The molecular formula is C26H28F7N7O3. The zero-order valence-corrected chi connectivity index (χ0v) is 22.8. The summed E-state index contributed by atoms with van der Waals surface area (Å²) in [4.78, 5) is 30.3. The van der Waals surface area contributed by atoms with Gasteiger partial charge < -0.3 is 10.6 Å². The first-order chi connectivity index (χ1) is 20.2. The van der Waals surface area contributed by atoms with Gasteiger partial charge in [0.1, 0.15) is 11.7 Å². The smallest absolute Gasteiger partial charge is 0.344 e. The van der Waals surface area contributed by atoms with Gasteiger partial charge in [-0.25, -0.2) is 31.7 Å². The number of fused-ring (bicyclic) bond motifs is 1. The molecule has 2 aliphatic rings. The minimum absolute atomic E-state index is 0.0215. The largest absolute Gasteiger partial charge is 0.408 e. The normalized spacial score (nSPS) is 19.7. The van der Waals surface area contributed by atoms with Crippen LogP contribution in [0.2, 0.25) is 0 Å². The average molecular weight is 620 g/mol. The summed E-state index contributed by atoms with van der Waals surface area (Å²) in [5.74, 6) is -6.83. The number of halogens is 7. The molecule has 0 saturated heterocycles. The van der Waals surface area contributed by atoms with Crippen LogP contribution in [0.1, 0.15) is 97.2 Å². The van der Waals surface area contributed by atoms with Gasteiger partial charge in [-0.1, -0.05) is 5.16 Å². The third-order valence-electron chi connectivity index (χ3n) is 7.87. The van der Waals surface area contributed by atoms with Gasteiger partial charge in [0.25, 0.3) is 5.91 Å². The van der Waals surface area contributed by atoms with E-state index in [1.807, 2.05) is 0 Å². The molecule has 3 heterocycles. The molecule has 0 radical (unpaired) electrons. The number of rotatable bonds is 10. The molecule has 0 spiro atoms. The molecule has 2 fully saturated rings. The van der Waals surface area contributed by atoms with Crippen molar-refractivity contribution in [2.45, 2.75) is 94.3 Å². The van der Waals surface area contributed by atoms with Crippen molar-refractivity contribution >= 4 is 17.5 Å². The van der Waals surface area contributed by atoms with E-state index in [1.165, 1.54) is 16.8 Å². The van der Waals surface area contributed by atoms with Crippen molar-refractivity contribution in [2.24, 2.45) is 5.92 Å². The minimum atomic E-state index is -4.78. The summed E-state index contributed by atoms with van der Waals surface area (Å²) < 4.78 is 99.6. The molecule has 10 nitrogen and oxygen atoms in total. The van der Waals surface area contributed by atoms with Gasteiger partial charge in [-0.15, -0.1) is 0 Å². The molecule has 2 amide bonds. The number of aromatic nitrogens is 5. The Morgan fingerprint density at radius 3 is 2.44 bits per heavy atom. The van der Waals surface area contributed by atoms with Crippen LogP contribution in [-0.4, -0.2) is 61.3 Å². The molecule has 0 bridgehead atoms. The second kappa shape index (κ2) is 11.7. The summed E-state index contributed by atoms with van der Waals surface area (Å²) in [6.45, 7) is 0.692. The zero-order chi connectivity index (χ0) is 31.1. The Bertz CT molecular complexity index is 1460. The quantitative estimate of drug-likeness (QED) is 0.303. The highest BCUT2D eigenvalue weighted by molar-refractivity contribution is 5.93. The van der Waals surface area contributed by atoms with Gasteiger partial charge in [-0.05, 0) is 55.3 Å². The summed E-state index contributed by atoms with van der Waals surface area (Å²) in [7, 11) is 0. The van der Waals surface area contributed by atoms with Gasteiger partial charge in [0.05, 0.1) is 30.0 Å². The van der Waals surface area contributed by atoms with E-state index in [0.717, 1.165) is 19.0 Å². The van der Waals surface area contributed by atoms with Crippen LogP contribution in [0.15, 0.2) is 23.1 Å². The molecule has 3 aromatic heterocycles. The van der Waals surface area contributed by atoms with Crippen LogP contribution < -0.4 is 10.6 Å². The van der Waals surface area contributed by atoms with Gasteiger partial charge >= 0.3 is 6.18 Å². The van der Waals surface area contributed by atoms with Crippen molar-refractivity contribution in [1.82, 2.24) is 35.5 Å². The SMILES string of the molecule is C[C@H](NC(=O)[C@@H](CC(F)F)c1cnn2cc([C@@H](NC(=O)c3nonc3C3CC3)C3CCC(F)(F)CC3)nc2c1)C(F)(F)F. The topological polar surface area (TPSA) is 127 Å². The van der Waals surface area contributed by atoms with Crippen molar-refractivity contribution < 1.29 is 45.0 Å². The Morgan fingerprint density at radius 2 is 1.81 bits per heavy atom. The molecule has 43 heavy (non-hydrogen) atoms. The minimum Gasteiger partial charge on any atom is -0.344 e. The number of hydrogen-bond donors (Lipinski definition) is 2.